The molecule has 1 N–H and O–H groups in total. The maximum atomic E-state index is 11.4. The Hall–Kier alpha value is -2.16. The average molecular weight is 246 g/mol. The van der Waals surface area contributed by atoms with Gasteiger partial charge in [0.05, 0.1) is 13.0 Å². The van der Waals surface area contributed by atoms with Crippen LogP contribution in [0.5, 0.6) is 0 Å². The fourth-order valence-electron chi connectivity index (χ4n) is 2.17. The van der Waals surface area contributed by atoms with E-state index in [-0.39, 0.29) is 17.9 Å². The molecule has 1 aliphatic carbocycles. The second-order valence-corrected chi connectivity index (χ2v) is 4.29. The van der Waals surface area contributed by atoms with Crippen molar-refractivity contribution in [1.82, 2.24) is 10.2 Å². The van der Waals surface area contributed by atoms with Crippen molar-refractivity contribution in [3.05, 3.63) is 17.8 Å². The summed E-state index contributed by atoms with van der Waals surface area (Å²) < 4.78 is 4.73. The van der Waals surface area contributed by atoms with Gasteiger partial charge in [0.15, 0.2) is 5.69 Å². The topological polar surface area (TPSA) is 87.9 Å². The Balaban J connectivity index is 1.91. The van der Waals surface area contributed by atoms with Crippen molar-refractivity contribution in [2.24, 2.45) is 5.92 Å². The molecule has 1 heterocycles. The molecule has 0 amide bonds. The van der Waals surface area contributed by atoms with Gasteiger partial charge < -0.3 is 10.1 Å². The van der Waals surface area contributed by atoms with Gasteiger partial charge >= 0.3 is 5.97 Å². The van der Waals surface area contributed by atoms with Crippen LogP contribution in [0.1, 0.15) is 25.0 Å². The molecule has 0 unspecified atom stereocenters. The maximum Gasteiger partial charge on any atom is 0.308 e. The number of anilines is 1. The van der Waals surface area contributed by atoms with Gasteiger partial charge in [0.2, 0.25) is 0 Å². The number of aromatic nitrogens is 2. The minimum atomic E-state index is -0.148. The van der Waals surface area contributed by atoms with Gasteiger partial charge in [-0.2, -0.15) is 5.26 Å². The van der Waals surface area contributed by atoms with Crippen molar-refractivity contribution in [3.63, 3.8) is 0 Å². The van der Waals surface area contributed by atoms with Gasteiger partial charge in [0.25, 0.3) is 0 Å². The number of methoxy groups -OCH3 is 1. The molecule has 1 aromatic heterocycles. The predicted octanol–water partition coefficient (Wildman–Crippen LogP) is 1.10. The summed E-state index contributed by atoms with van der Waals surface area (Å²) in [6.07, 6.45) is 2.48. The summed E-state index contributed by atoms with van der Waals surface area (Å²) in [6, 6.07) is 5.45. The van der Waals surface area contributed by atoms with Gasteiger partial charge in [0.1, 0.15) is 11.9 Å². The monoisotopic (exact) mass is 246 g/mol. The first-order chi connectivity index (χ1) is 8.72. The molecule has 0 bridgehead atoms. The van der Waals surface area contributed by atoms with E-state index in [2.05, 4.69) is 15.5 Å². The number of ether oxygens (including phenoxy) is 1. The molecule has 0 aromatic carbocycles. The van der Waals surface area contributed by atoms with Crippen molar-refractivity contribution in [3.8, 4) is 6.07 Å². The second kappa shape index (κ2) is 5.45. The van der Waals surface area contributed by atoms with Crippen molar-refractivity contribution >= 4 is 11.8 Å². The average Bonchev–Trinajstić information content (AvgIpc) is 2.87. The third-order valence-corrected chi connectivity index (χ3v) is 3.10. The Morgan fingerprint density at radius 1 is 1.50 bits per heavy atom. The highest BCUT2D eigenvalue weighted by atomic mass is 16.5. The van der Waals surface area contributed by atoms with Crippen LogP contribution in [0, 0.1) is 17.2 Å². The van der Waals surface area contributed by atoms with Crippen LogP contribution in [0.25, 0.3) is 0 Å². The van der Waals surface area contributed by atoms with Gasteiger partial charge in [-0.05, 0) is 31.4 Å². The molecule has 1 saturated carbocycles. The van der Waals surface area contributed by atoms with E-state index in [0.29, 0.717) is 11.5 Å². The standard InChI is InChI=1S/C12H14N4O2/c1-18-12(17)8-2-3-9(6-8)14-11-5-4-10(7-13)15-16-11/h4-5,8-9H,2-3,6H2,1H3,(H,14,16)/t8-,9+/m0/s1. The number of hydrogen-bond acceptors (Lipinski definition) is 6. The summed E-state index contributed by atoms with van der Waals surface area (Å²) in [5.41, 5.74) is 0.291. The molecule has 0 aliphatic heterocycles. The molecular formula is C12H14N4O2. The van der Waals surface area contributed by atoms with Crippen molar-refractivity contribution in [2.75, 3.05) is 12.4 Å². The number of hydrogen-bond donors (Lipinski definition) is 1. The minimum Gasteiger partial charge on any atom is -0.469 e. The highest BCUT2D eigenvalue weighted by molar-refractivity contribution is 5.72. The van der Waals surface area contributed by atoms with Crippen LogP contribution in [0.3, 0.4) is 0 Å². The number of nitrogens with zero attached hydrogens (tertiary/aromatic N) is 3. The van der Waals surface area contributed by atoms with Gasteiger partial charge in [-0.1, -0.05) is 0 Å². The maximum absolute atomic E-state index is 11.4. The summed E-state index contributed by atoms with van der Waals surface area (Å²) in [7, 11) is 1.41. The SMILES string of the molecule is COC(=O)[C@H]1CC[C@@H](Nc2ccc(C#N)nn2)C1. The van der Waals surface area contributed by atoms with Crippen LogP contribution in [-0.2, 0) is 9.53 Å². The molecule has 6 nitrogen and oxygen atoms in total. The molecule has 0 radical (unpaired) electrons. The number of carbonyl (C=O) groups excluding carboxylic acids is 1. The summed E-state index contributed by atoms with van der Waals surface area (Å²) in [5.74, 6) is 0.452. The first kappa shape index (κ1) is 12.3. The van der Waals surface area contributed by atoms with Crippen LogP contribution >= 0.6 is 0 Å². The fourth-order valence-corrected chi connectivity index (χ4v) is 2.17. The van der Waals surface area contributed by atoms with E-state index in [9.17, 15) is 4.79 Å². The van der Waals surface area contributed by atoms with Crippen LogP contribution < -0.4 is 5.32 Å². The van der Waals surface area contributed by atoms with Gasteiger partial charge in [-0.3, -0.25) is 4.79 Å². The zero-order chi connectivity index (χ0) is 13.0. The molecule has 1 aliphatic rings. The molecule has 94 valence electrons. The highest BCUT2D eigenvalue weighted by Gasteiger charge is 2.30. The van der Waals surface area contributed by atoms with Crippen LogP contribution in [0.2, 0.25) is 0 Å². The van der Waals surface area contributed by atoms with E-state index in [4.69, 9.17) is 10.00 Å². The summed E-state index contributed by atoms with van der Waals surface area (Å²) in [4.78, 5) is 11.4. The zero-order valence-corrected chi connectivity index (χ0v) is 10.1. The third kappa shape index (κ3) is 2.74. The molecule has 0 spiro atoms. The van der Waals surface area contributed by atoms with E-state index in [1.807, 2.05) is 6.07 Å². The molecule has 6 heteroatoms. The molecule has 2 atom stereocenters. The van der Waals surface area contributed by atoms with Crippen LogP contribution in [0.4, 0.5) is 5.82 Å². The predicted molar refractivity (Wildman–Crippen MR) is 63.5 cm³/mol. The normalized spacial score (nSPS) is 22.2. The molecule has 0 saturated heterocycles. The molecule has 18 heavy (non-hydrogen) atoms. The lowest BCUT2D eigenvalue weighted by Gasteiger charge is -2.12. The summed E-state index contributed by atoms with van der Waals surface area (Å²) >= 11 is 0. The van der Waals surface area contributed by atoms with Gasteiger partial charge in [0, 0.05) is 6.04 Å². The first-order valence-electron chi connectivity index (χ1n) is 5.81. The van der Waals surface area contributed by atoms with Crippen molar-refractivity contribution in [1.29, 1.82) is 5.26 Å². The first-order valence-corrected chi connectivity index (χ1v) is 5.81. The van der Waals surface area contributed by atoms with E-state index in [0.717, 1.165) is 19.3 Å². The molecule has 1 fully saturated rings. The van der Waals surface area contributed by atoms with E-state index >= 15 is 0 Å². The zero-order valence-electron chi connectivity index (χ0n) is 10.1. The van der Waals surface area contributed by atoms with Gasteiger partial charge in [-0.15, -0.1) is 10.2 Å². The van der Waals surface area contributed by atoms with E-state index in [1.165, 1.54) is 7.11 Å². The van der Waals surface area contributed by atoms with E-state index in [1.54, 1.807) is 12.1 Å². The molecular weight excluding hydrogens is 232 g/mol. The number of carbonyl (C=O) groups is 1. The lowest BCUT2D eigenvalue weighted by atomic mass is 10.1. The molecule has 1 aromatic rings. The number of esters is 1. The third-order valence-electron chi connectivity index (χ3n) is 3.10. The number of rotatable bonds is 3. The fraction of sp³-hybridized carbons (Fsp3) is 0.500. The molecule has 2 rings (SSSR count). The lowest BCUT2D eigenvalue weighted by molar-refractivity contribution is -0.145. The van der Waals surface area contributed by atoms with Crippen molar-refractivity contribution < 1.29 is 9.53 Å². The van der Waals surface area contributed by atoms with Crippen LogP contribution in [-0.4, -0.2) is 29.3 Å². The minimum absolute atomic E-state index is 0.0289. The Labute approximate surface area is 105 Å². The summed E-state index contributed by atoms with van der Waals surface area (Å²) in [6.45, 7) is 0. The Kier molecular flexibility index (Phi) is 3.72. The number of nitrogens with one attached hydrogen (secondary N) is 1. The Bertz CT molecular complexity index is 466. The van der Waals surface area contributed by atoms with E-state index < -0.39 is 0 Å². The second-order valence-electron chi connectivity index (χ2n) is 4.29. The summed E-state index contributed by atoms with van der Waals surface area (Å²) in [5, 5.41) is 19.5. The van der Waals surface area contributed by atoms with Gasteiger partial charge in [-0.25, -0.2) is 0 Å². The Morgan fingerprint density at radius 2 is 2.33 bits per heavy atom. The smallest absolute Gasteiger partial charge is 0.308 e. The van der Waals surface area contributed by atoms with Crippen LogP contribution in [0.15, 0.2) is 12.1 Å². The lowest BCUT2D eigenvalue weighted by Crippen LogP contribution is -2.19. The quantitative estimate of drug-likeness (QED) is 0.803. The highest BCUT2D eigenvalue weighted by Crippen LogP contribution is 2.28. The Morgan fingerprint density at radius 3 is 2.94 bits per heavy atom. The number of nitriles is 1. The van der Waals surface area contributed by atoms with Crippen molar-refractivity contribution in [2.45, 2.75) is 25.3 Å². The largest absolute Gasteiger partial charge is 0.469 e.